The van der Waals surface area contributed by atoms with E-state index in [1.807, 2.05) is 43.3 Å². The highest BCUT2D eigenvalue weighted by atomic mass is 16.5. The Hall–Kier alpha value is -2.89. The van der Waals surface area contributed by atoms with E-state index in [9.17, 15) is 14.4 Å². The fourth-order valence-electron chi connectivity index (χ4n) is 2.14. The number of hydrogen-bond donors (Lipinski definition) is 0. The molecule has 0 bridgehead atoms. The Morgan fingerprint density at radius 1 is 1.22 bits per heavy atom. The van der Waals surface area contributed by atoms with Gasteiger partial charge >= 0.3 is 5.97 Å². The van der Waals surface area contributed by atoms with Gasteiger partial charge in [-0.1, -0.05) is 0 Å². The van der Waals surface area contributed by atoms with Crippen LogP contribution in [0.15, 0.2) is 36.5 Å². The minimum atomic E-state index is -0.926. The highest BCUT2D eigenvalue weighted by molar-refractivity contribution is 6.40. The fourth-order valence-corrected chi connectivity index (χ4v) is 2.14. The van der Waals surface area contributed by atoms with Crippen LogP contribution in [0.3, 0.4) is 0 Å². The molecule has 6 nitrogen and oxygen atoms in total. The third-order valence-corrected chi connectivity index (χ3v) is 3.34. The lowest BCUT2D eigenvalue weighted by molar-refractivity contribution is -0.137. The van der Waals surface area contributed by atoms with Crippen LogP contribution in [-0.4, -0.2) is 43.3 Å². The van der Waals surface area contributed by atoms with Gasteiger partial charge in [-0.3, -0.25) is 9.59 Å². The van der Waals surface area contributed by atoms with Crippen LogP contribution in [0.4, 0.5) is 5.69 Å². The lowest BCUT2D eigenvalue weighted by atomic mass is 10.2. The Morgan fingerprint density at radius 2 is 1.87 bits per heavy atom. The van der Waals surface area contributed by atoms with Crippen molar-refractivity contribution < 1.29 is 19.1 Å². The number of hydrogen-bond acceptors (Lipinski definition) is 5. The van der Waals surface area contributed by atoms with Gasteiger partial charge in [0.1, 0.15) is 0 Å². The summed E-state index contributed by atoms with van der Waals surface area (Å²) in [7, 11) is 3.86. The van der Waals surface area contributed by atoms with Crippen molar-refractivity contribution in [3.8, 4) is 5.69 Å². The molecule has 1 aromatic carbocycles. The third kappa shape index (κ3) is 3.48. The number of benzene rings is 1. The highest BCUT2D eigenvalue weighted by Crippen LogP contribution is 2.19. The molecule has 1 aromatic heterocycles. The van der Waals surface area contributed by atoms with Crippen molar-refractivity contribution in [1.29, 1.82) is 0 Å². The SMILES string of the molecule is CCOC(=O)C(=O)c1cc(C=O)n(-c2ccc(N(C)C)cc2)c1. The number of rotatable bonds is 6. The van der Waals surface area contributed by atoms with Crippen molar-refractivity contribution in [2.24, 2.45) is 0 Å². The predicted molar refractivity (Wildman–Crippen MR) is 86.4 cm³/mol. The molecule has 0 fully saturated rings. The molecule has 2 aromatic rings. The molecule has 120 valence electrons. The number of ether oxygens (including phenoxy) is 1. The second-order valence-corrected chi connectivity index (χ2v) is 5.10. The summed E-state index contributed by atoms with van der Waals surface area (Å²) in [5.41, 5.74) is 2.15. The zero-order valence-electron chi connectivity index (χ0n) is 13.3. The topological polar surface area (TPSA) is 68.6 Å². The Labute approximate surface area is 134 Å². The molecule has 1 heterocycles. The van der Waals surface area contributed by atoms with E-state index in [4.69, 9.17) is 4.74 Å². The van der Waals surface area contributed by atoms with Crippen LogP contribution in [0.25, 0.3) is 5.69 Å². The van der Waals surface area contributed by atoms with Crippen molar-refractivity contribution in [3.63, 3.8) is 0 Å². The normalized spacial score (nSPS) is 10.2. The summed E-state index contributed by atoms with van der Waals surface area (Å²) in [5, 5.41) is 0. The number of ketones is 1. The Balaban J connectivity index is 2.37. The first-order chi connectivity index (χ1) is 11.0. The average Bonchev–Trinajstić information content (AvgIpc) is 2.98. The van der Waals surface area contributed by atoms with Crippen molar-refractivity contribution in [1.82, 2.24) is 4.57 Å². The number of Topliss-reactive ketones (excluding diaryl/α,β-unsaturated/α-hetero) is 1. The third-order valence-electron chi connectivity index (χ3n) is 3.34. The first-order valence-corrected chi connectivity index (χ1v) is 7.14. The van der Waals surface area contributed by atoms with E-state index >= 15 is 0 Å². The Kier molecular flexibility index (Phi) is 4.95. The molecular formula is C17H18N2O4. The van der Waals surface area contributed by atoms with Crippen LogP contribution in [0.1, 0.15) is 27.8 Å². The number of carbonyl (C=O) groups excluding carboxylic acids is 3. The molecule has 0 atom stereocenters. The second kappa shape index (κ2) is 6.91. The Morgan fingerprint density at radius 3 is 2.39 bits per heavy atom. The monoisotopic (exact) mass is 314 g/mol. The summed E-state index contributed by atoms with van der Waals surface area (Å²) in [6.07, 6.45) is 2.11. The summed E-state index contributed by atoms with van der Waals surface area (Å²) in [6.45, 7) is 1.75. The molecule has 0 N–H and O–H groups in total. The maximum absolute atomic E-state index is 12.0. The lowest BCUT2D eigenvalue weighted by Crippen LogP contribution is -2.16. The molecule has 0 radical (unpaired) electrons. The molecule has 0 amide bonds. The highest BCUT2D eigenvalue weighted by Gasteiger charge is 2.21. The minimum Gasteiger partial charge on any atom is -0.460 e. The number of aldehydes is 1. The van der Waals surface area contributed by atoms with Crippen LogP contribution in [0.5, 0.6) is 0 Å². The number of aromatic nitrogens is 1. The van der Waals surface area contributed by atoms with E-state index < -0.39 is 11.8 Å². The van der Waals surface area contributed by atoms with Crippen LogP contribution in [-0.2, 0) is 9.53 Å². The number of esters is 1. The maximum Gasteiger partial charge on any atom is 0.379 e. The molecule has 0 saturated heterocycles. The van der Waals surface area contributed by atoms with Gasteiger partial charge in [-0.15, -0.1) is 0 Å². The quantitative estimate of drug-likeness (QED) is 0.353. The van der Waals surface area contributed by atoms with Crippen LogP contribution >= 0.6 is 0 Å². The average molecular weight is 314 g/mol. The fraction of sp³-hybridized carbons (Fsp3) is 0.235. The van der Waals surface area contributed by atoms with Crippen molar-refractivity contribution in [2.75, 3.05) is 25.6 Å². The maximum atomic E-state index is 12.0. The Bertz CT molecular complexity index is 730. The zero-order chi connectivity index (χ0) is 17.0. The van der Waals surface area contributed by atoms with Gasteiger partial charge in [0.05, 0.1) is 12.3 Å². The van der Waals surface area contributed by atoms with Crippen molar-refractivity contribution in [3.05, 3.63) is 47.8 Å². The molecule has 0 aliphatic carbocycles. The molecule has 2 rings (SSSR count). The molecule has 0 saturated carbocycles. The van der Waals surface area contributed by atoms with Crippen LogP contribution in [0.2, 0.25) is 0 Å². The van der Waals surface area contributed by atoms with Crippen LogP contribution in [0, 0.1) is 0 Å². The molecular weight excluding hydrogens is 296 g/mol. The summed E-state index contributed by atoms with van der Waals surface area (Å²) >= 11 is 0. The van der Waals surface area contributed by atoms with E-state index in [1.165, 1.54) is 12.3 Å². The largest absolute Gasteiger partial charge is 0.460 e. The molecule has 0 spiro atoms. The molecule has 6 heteroatoms. The van der Waals surface area contributed by atoms with E-state index in [2.05, 4.69) is 0 Å². The van der Waals surface area contributed by atoms with Crippen LogP contribution < -0.4 is 4.90 Å². The van der Waals surface area contributed by atoms with E-state index in [0.717, 1.165) is 11.4 Å². The molecule has 0 unspecified atom stereocenters. The summed E-state index contributed by atoms with van der Waals surface area (Å²) in [5.74, 6) is -1.69. The number of anilines is 1. The lowest BCUT2D eigenvalue weighted by Gasteiger charge is -2.13. The van der Waals surface area contributed by atoms with Gasteiger partial charge in [-0.05, 0) is 37.3 Å². The first-order valence-electron chi connectivity index (χ1n) is 7.14. The second-order valence-electron chi connectivity index (χ2n) is 5.10. The predicted octanol–water partition coefficient (Wildman–Crippen LogP) is 2.10. The van der Waals surface area contributed by atoms with E-state index in [-0.39, 0.29) is 17.9 Å². The molecule has 0 aliphatic heterocycles. The summed E-state index contributed by atoms with van der Waals surface area (Å²) in [6, 6.07) is 8.85. The van der Waals surface area contributed by atoms with Gasteiger partial charge < -0.3 is 14.2 Å². The smallest absolute Gasteiger partial charge is 0.379 e. The van der Waals surface area contributed by atoms with Crippen molar-refractivity contribution in [2.45, 2.75) is 6.92 Å². The number of carbonyl (C=O) groups is 3. The standard InChI is InChI=1S/C17H18N2O4/c1-4-23-17(22)16(21)12-9-15(11-20)19(10-12)14-7-5-13(6-8-14)18(2)3/h5-11H,4H2,1-3H3. The van der Waals surface area contributed by atoms with Crippen molar-refractivity contribution >= 4 is 23.7 Å². The zero-order valence-corrected chi connectivity index (χ0v) is 13.3. The van der Waals surface area contributed by atoms with Gasteiger partial charge in [-0.25, -0.2) is 4.79 Å². The van der Waals surface area contributed by atoms with E-state index in [1.54, 1.807) is 11.5 Å². The summed E-state index contributed by atoms with van der Waals surface area (Å²) < 4.78 is 6.27. The molecule has 0 aliphatic rings. The van der Waals surface area contributed by atoms with Gasteiger partial charge in [0.25, 0.3) is 5.78 Å². The van der Waals surface area contributed by atoms with Gasteiger partial charge in [0.2, 0.25) is 0 Å². The molecule has 23 heavy (non-hydrogen) atoms. The summed E-state index contributed by atoms with van der Waals surface area (Å²) in [4.78, 5) is 36.7. The first kappa shape index (κ1) is 16.5. The number of nitrogens with zero attached hydrogens (tertiary/aromatic N) is 2. The minimum absolute atomic E-state index is 0.123. The van der Waals surface area contributed by atoms with Gasteiger partial charge in [0, 0.05) is 37.2 Å². The van der Waals surface area contributed by atoms with E-state index in [0.29, 0.717) is 6.29 Å². The van der Waals surface area contributed by atoms with Gasteiger partial charge in [0.15, 0.2) is 6.29 Å². The van der Waals surface area contributed by atoms with Gasteiger partial charge in [-0.2, -0.15) is 0 Å².